The molecule has 5 nitrogen and oxygen atoms in total. The summed E-state index contributed by atoms with van der Waals surface area (Å²) in [7, 11) is 0. The van der Waals surface area contributed by atoms with Gasteiger partial charge in [-0.2, -0.15) is 0 Å². The minimum atomic E-state index is -0.638. The molecule has 0 aliphatic carbocycles. The molecule has 0 aliphatic rings. The average Bonchev–Trinajstić information content (AvgIpc) is 3.32. The van der Waals surface area contributed by atoms with Crippen molar-refractivity contribution in [2.45, 2.75) is 181 Å². The lowest BCUT2D eigenvalue weighted by molar-refractivity contribution is -0.162. The van der Waals surface area contributed by atoms with E-state index in [1.807, 2.05) is 12.2 Å². The summed E-state index contributed by atoms with van der Waals surface area (Å²) in [5.74, 6) is -0.640. The highest BCUT2D eigenvalue weighted by Crippen LogP contribution is 2.09. The largest absolute Gasteiger partial charge is 0.462 e. The molecular formula is C61H92O5. The average molecular weight is 905 g/mol. The summed E-state index contributed by atoms with van der Waals surface area (Å²) in [5, 5.41) is 0. The second-order valence-electron chi connectivity index (χ2n) is 15.9. The molecule has 0 rings (SSSR count). The first-order chi connectivity index (χ1) is 32.6. The van der Waals surface area contributed by atoms with E-state index >= 15 is 0 Å². The Morgan fingerprint density at radius 2 is 0.682 bits per heavy atom. The molecule has 366 valence electrons. The normalized spacial score (nSPS) is 13.7. The van der Waals surface area contributed by atoms with Crippen LogP contribution >= 0.6 is 0 Å². The Morgan fingerprint density at radius 1 is 0.348 bits per heavy atom. The summed E-state index contributed by atoms with van der Waals surface area (Å²) >= 11 is 0. The van der Waals surface area contributed by atoms with Gasteiger partial charge in [0.05, 0.1) is 13.0 Å². The van der Waals surface area contributed by atoms with E-state index in [0.29, 0.717) is 19.4 Å². The van der Waals surface area contributed by atoms with Crippen LogP contribution in [0.25, 0.3) is 0 Å². The van der Waals surface area contributed by atoms with Crippen LogP contribution in [-0.4, -0.2) is 37.9 Å². The molecule has 0 bridgehead atoms. The maximum Gasteiger partial charge on any atom is 0.310 e. The minimum absolute atomic E-state index is 0.00475. The standard InChI is InChI=1S/C61H92O5/c1-4-7-10-13-16-19-22-25-28-30-32-35-38-41-44-47-50-53-56-64-57-59(66-61(63)55-52-49-46-43-40-37-33-27-24-21-18-15-12-9-6-3)58-65-60(62)54-51-48-45-42-39-36-34-31-29-26-23-20-17-14-11-8-5-2/h7-12,16-21,25-29,32-36,40,42-43,45,49,52,59H,4-6,13-15,22-24,30-31,37-39,41,44,46-48,50-51,53-58H2,1-3H3/b10-7-,11-8-,12-9-,19-16-,20-17-,21-18-,28-25-,29-26-,33-27-,35-32-,36-34-,43-40-,45-42-,52-49-. The van der Waals surface area contributed by atoms with Crippen LogP contribution in [0.2, 0.25) is 0 Å². The van der Waals surface area contributed by atoms with E-state index in [1.54, 1.807) is 0 Å². The Bertz CT molecular complexity index is 1540. The molecule has 0 aromatic carbocycles. The molecule has 0 saturated carbocycles. The third-order valence-corrected chi connectivity index (χ3v) is 9.76. The number of ether oxygens (including phenoxy) is 3. The van der Waals surface area contributed by atoms with Crippen LogP contribution < -0.4 is 0 Å². The van der Waals surface area contributed by atoms with Crippen molar-refractivity contribution in [1.82, 2.24) is 0 Å². The summed E-state index contributed by atoms with van der Waals surface area (Å²) in [6, 6.07) is 0. The molecule has 0 aliphatic heterocycles. The first-order valence-electron chi connectivity index (χ1n) is 25.7. The van der Waals surface area contributed by atoms with E-state index in [-0.39, 0.29) is 31.6 Å². The molecule has 1 atom stereocenters. The molecule has 0 aromatic rings. The van der Waals surface area contributed by atoms with Crippen LogP contribution in [0.1, 0.15) is 175 Å². The Hall–Kier alpha value is -4.74. The van der Waals surface area contributed by atoms with Crippen molar-refractivity contribution in [3.8, 4) is 0 Å². The predicted octanol–water partition coefficient (Wildman–Crippen LogP) is 17.7. The number of hydrogen-bond donors (Lipinski definition) is 0. The van der Waals surface area contributed by atoms with Crippen molar-refractivity contribution >= 4 is 11.9 Å². The number of allylic oxidation sites excluding steroid dienone is 27. The molecule has 0 heterocycles. The summed E-state index contributed by atoms with van der Waals surface area (Å²) in [6.45, 7) is 7.24. The number of hydrogen-bond acceptors (Lipinski definition) is 5. The van der Waals surface area contributed by atoms with E-state index < -0.39 is 6.10 Å². The van der Waals surface area contributed by atoms with Crippen LogP contribution in [0.4, 0.5) is 0 Å². The van der Waals surface area contributed by atoms with E-state index in [0.717, 1.165) is 116 Å². The van der Waals surface area contributed by atoms with Gasteiger partial charge in [-0.05, 0) is 122 Å². The fourth-order valence-corrected chi connectivity index (χ4v) is 6.08. The molecule has 0 N–H and O–H groups in total. The predicted molar refractivity (Wildman–Crippen MR) is 287 cm³/mol. The number of rotatable bonds is 44. The highest BCUT2D eigenvalue weighted by Gasteiger charge is 2.17. The molecule has 0 radical (unpaired) electrons. The van der Waals surface area contributed by atoms with Gasteiger partial charge in [0.2, 0.25) is 0 Å². The van der Waals surface area contributed by atoms with Gasteiger partial charge in [-0.25, -0.2) is 0 Å². The highest BCUT2D eigenvalue weighted by molar-refractivity contribution is 5.71. The highest BCUT2D eigenvalue weighted by atomic mass is 16.6. The van der Waals surface area contributed by atoms with Gasteiger partial charge in [-0.3, -0.25) is 9.59 Å². The summed E-state index contributed by atoms with van der Waals surface area (Å²) in [5.41, 5.74) is 0. The van der Waals surface area contributed by atoms with E-state index in [2.05, 4.69) is 179 Å². The van der Waals surface area contributed by atoms with Crippen molar-refractivity contribution in [1.29, 1.82) is 0 Å². The molecular weight excluding hydrogens is 813 g/mol. The fourth-order valence-electron chi connectivity index (χ4n) is 6.08. The van der Waals surface area contributed by atoms with E-state index in [4.69, 9.17) is 14.2 Å². The van der Waals surface area contributed by atoms with Gasteiger partial charge in [-0.15, -0.1) is 0 Å². The Labute approximate surface area is 405 Å². The molecule has 0 saturated heterocycles. The van der Waals surface area contributed by atoms with Gasteiger partial charge < -0.3 is 14.2 Å². The third kappa shape index (κ3) is 51.9. The van der Waals surface area contributed by atoms with Gasteiger partial charge in [-0.1, -0.05) is 210 Å². The SMILES string of the molecule is CC/C=C\C/C=C\C/C=C\C/C=C\C/C=C\CCCC(=O)OCC(COCCCCCCC/C=C\C/C=C\C/C=C\C/C=C\CC)OC(=O)C/C=C\C/C=C\C/C=C\C/C=C\C/C=C\CC. The second-order valence-corrected chi connectivity index (χ2v) is 15.9. The van der Waals surface area contributed by atoms with E-state index in [9.17, 15) is 9.59 Å². The van der Waals surface area contributed by atoms with Crippen molar-refractivity contribution in [3.63, 3.8) is 0 Å². The van der Waals surface area contributed by atoms with Gasteiger partial charge in [0.25, 0.3) is 0 Å². The lowest BCUT2D eigenvalue weighted by Gasteiger charge is -2.18. The Morgan fingerprint density at radius 3 is 1.09 bits per heavy atom. The lowest BCUT2D eigenvalue weighted by Crippen LogP contribution is -2.29. The van der Waals surface area contributed by atoms with Crippen LogP contribution in [0.15, 0.2) is 170 Å². The number of carbonyl (C=O) groups excluding carboxylic acids is 2. The topological polar surface area (TPSA) is 61.8 Å². The van der Waals surface area contributed by atoms with Gasteiger partial charge in [0.15, 0.2) is 6.10 Å². The molecule has 0 spiro atoms. The summed E-state index contributed by atoms with van der Waals surface area (Å²) in [6.07, 6.45) is 82.5. The van der Waals surface area contributed by atoms with Gasteiger partial charge in [0.1, 0.15) is 6.61 Å². The van der Waals surface area contributed by atoms with Crippen LogP contribution in [0.5, 0.6) is 0 Å². The quantitative estimate of drug-likeness (QED) is 0.0346. The van der Waals surface area contributed by atoms with Gasteiger partial charge >= 0.3 is 11.9 Å². The zero-order valence-electron chi connectivity index (χ0n) is 41.9. The number of esters is 2. The monoisotopic (exact) mass is 905 g/mol. The minimum Gasteiger partial charge on any atom is -0.462 e. The van der Waals surface area contributed by atoms with E-state index in [1.165, 1.54) is 19.3 Å². The van der Waals surface area contributed by atoms with Crippen molar-refractivity contribution < 1.29 is 23.8 Å². The van der Waals surface area contributed by atoms with Crippen LogP contribution in [-0.2, 0) is 23.8 Å². The van der Waals surface area contributed by atoms with Crippen molar-refractivity contribution in [2.24, 2.45) is 0 Å². The molecule has 1 unspecified atom stereocenters. The van der Waals surface area contributed by atoms with Crippen LogP contribution in [0.3, 0.4) is 0 Å². The lowest BCUT2D eigenvalue weighted by atomic mass is 10.1. The third-order valence-electron chi connectivity index (χ3n) is 9.76. The summed E-state index contributed by atoms with van der Waals surface area (Å²) < 4.78 is 17.2. The maximum absolute atomic E-state index is 12.7. The Kier molecular flexibility index (Phi) is 50.7. The van der Waals surface area contributed by atoms with Crippen LogP contribution in [0, 0.1) is 0 Å². The zero-order valence-corrected chi connectivity index (χ0v) is 41.9. The van der Waals surface area contributed by atoms with Crippen molar-refractivity contribution in [3.05, 3.63) is 170 Å². The number of carbonyl (C=O) groups is 2. The summed E-state index contributed by atoms with van der Waals surface area (Å²) in [4.78, 5) is 25.3. The molecule has 66 heavy (non-hydrogen) atoms. The first kappa shape index (κ1) is 61.3. The smallest absolute Gasteiger partial charge is 0.310 e. The zero-order chi connectivity index (χ0) is 47.7. The second kappa shape index (κ2) is 54.6. The molecule has 5 heteroatoms. The Balaban J connectivity index is 4.57. The fraction of sp³-hybridized carbons (Fsp3) is 0.508. The molecule has 0 fully saturated rings. The van der Waals surface area contributed by atoms with Gasteiger partial charge in [0, 0.05) is 13.0 Å². The number of unbranched alkanes of at least 4 members (excludes halogenated alkanes) is 6. The first-order valence-corrected chi connectivity index (χ1v) is 25.7. The molecule has 0 amide bonds. The maximum atomic E-state index is 12.7. The molecule has 0 aromatic heterocycles. The van der Waals surface area contributed by atoms with Crippen molar-refractivity contribution in [2.75, 3.05) is 19.8 Å².